The highest BCUT2D eigenvalue weighted by Gasteiger charge is 2.29. The molecule has 17 heavy (non-hydrogen) atoms. The summed E-state index contributed by atoms with van der Waals surface area (Å²) in [6.45, 7) is 4.72. The van der Waals surface area contributed by atoms with Crippen molar-refractivity contribution in [3.05, 3.63) is 0 Å². The van der Waals surface area contributed by atoms with Gasteiger partial charge in [-0.3, -0.25) is 9.69 Å². The van der Waals surface area contributed by atoms with Crippen LogP contribution in [0.5, 0.6) is 0 Å². The van der Waals surface area contributed by atoms with Gasteiger partial charge in [0.15, 0.2) is 0 Å². The number of carboxylic acid groups (broad SMARTS) is 1. The van der Waals surface area contributed by atoms with Crippen LogP contribution in [0.3, 0.4) is 0 Å². The smallest absolute Gasteiger partial charge is 0.303 e. The summed E-state index contributed by atoms with van der Waals surface area (Å²) in [5.41, 5.74) is 0. The Morgan fingerprint density at radius 2 is 2.12 bits per heavy atom. The number of likely N-dealkylation sites (N-methyl/N-ethyl adjacent to an activating group) is 1. The Kier molecular flexibility index (Phi) is 4.40. The molecule has 1 N–H and O–H groups in total. The molecule has 2 heterocycles. The zero-order valence-electron chi connectivity index (χ0n) is 10.8. The summed E-state index contributed by atoms with van der Waals surface area (Å²) in [4.78, 5) is 15.6. The molecule has 4 nitrogen and oxygen atoms in total. The van der Waals surface area contributed by atoms with Crippen LogP contribution in [-0.4, -0.2) is 60.1 Å². The van der Waals surface area contributed by atoms with Crippen molar-refractivity contribution >= 4 is 5.97 Å². The van der Waals surface area contributed by atoms with Gasteiger partial charge in [-0.25, -0.2) is 0 Å². The second-order valence-corrected chi connectivity index (χ2v) is 5.64. The number of carbonyl (C=O) groups is 1. The molecule has 0 bridgehead atoms. The fourth-order valence-electron chi connectivity index (χ4n) is 3.20. The van der Waals surface area contributed by atoms with E-state index in [0.717, 1.165) is 13.0 Å². The first-order valence-corrected chi connectivity index (χ1v) is 6.79. The van der Waals surface area contributed by atoms with E-state index >= 15 is 0 Å². The number of piperidine rings is 1. The number of nitrogens with zero attached hydrogens (tertiary/aromatic N) is 2. The van der Waals surface area contributed by atoms with Gasteiger partial charge in [0.25, 0.3) is 0 Å². The maximum absolute atomic E-state index is 10.6. The van der Waals surface area contributed by atoms with Crippen LogP contribution in [0.2, 0.25) is 0 Å². The molecule has 0 aromatic carbocycles. The topological polar surface area (TPSA) is 43.8 Å². The number of carboxylic acids is 1. The minimum atomic E-state index is -0.650. The third-order valence-corrected chi connectivity index (χ3v) is 4.20. The zero-order valence-corrected chi connectivity index (χ0v) is 10.8. The van der Waals surface area contributed by atoms with Crippen LogP contribution < -0.4 is 0 Å². The molecule has 2 unspecified atom stereocenters. The summed E-state index contributed by atoms with van der Waals surface area (Å²) in [6, 6.07) is 0.715. The van der Waals surface area contributed by atoms with Crippen LogP contribution in [0.4, 0.5) is 0 Å². The van der Waals surface area contributed by atoms with E-state index < -0.39 is 5.97 Å². The Morgan fingerprint density at radius 1 is 1.29 bits per heavy atom. The summed E-state index contributed by atoms with van der Waals surface area (Å²) in [6.07, 6.45) is 4.93. The molecular formula is C13H24N2O2. The van der Waals surface area contributed by atoms with Crippen molar-refractivity contribution in [1.82, 2.24) is 9.80 Å². The van der Waals surface area contributed by atoms with E-state index in [4.69, 9.17) is 5.11 Å². The molecule has 2 fully saturated rings. The largest absolute Gasteiger partial charge is 0.481 e. The van der Waals surface area contributed by atoms with E-state index in [0.29, 0.717) is 18.4 Å². The van der Waals surface area contributed by atoms with Crippen LogP contribution in [0.25, 0.3) is 0 Å². The predicted octanol–water partition coefficient (Wildman–Crippen LogP) is 1.27. The van der Waals surface area contributed by atoms with Crippen molar-refractivity contribution in [3.8, 4) is 0 Å². The molecule has 4 heteroatoms. The van der Waals surface area contributed by atoms with Gasteiger partial charge in [0.2, 0.25) is 0 Å². The Labute approximate surface area is 104 Å². The van der Waals surface area contributed by atoms with Crippen LogP contribution >= 0.6 is 0 Å². The van der Waals surface area contributed by atoms with E-state index in [9.17, 15) is 4.79 Å². The van der Waals surface area contributed by atoms with Gasteiger partial charge in [0.05, 0.1) is 0 Å². The molecule has 0 radical (unpaired) electrons. The van der Waals surface area contributed by atoms with E-state index in [1.807, 2.05) is 0 Å². The molecule has 2 aliphatic rings. The zero-order chi connectivity index (χ0) is 12.3. The average Bonchev–Trinajstić information content (AvgIpc) is 2.74. The minimum Gasteiger partial charge on any atom is -0.481 e. The summed E-state index contributed by atoms with van der Waals surface area (Å²) in [7, 11) is 2.19. The third-order valence-electron chi connectivity index (χ3n) is 4.20. The maximum atomic E-state index is 10.6. The Bertz CT molecular complexity index is 270. The van der Waals surface area contributed by atoms with Gasteiger partial charge in [0, 0.05) is 25.6 Å². The monoisotopic (exact) mass is 240 g/mol. The van der Waals surface area contributed by atoms with Crippen LogP contribution in [-0.2, 0) is 4.79 Å². The molecule has 0 spiro atoms. The summed E-state index contributed by atoms with van der Waals surface area (Å²) >= 11 is 0. The second-order valence-electron chi connectivity index (χ2n) is 5.64. The highest BCUT2D eigenvalue weighted by Crippen LogP contribution is 2.25. The molecule has 2 aliphatic heterocycles. The SMILES string of the molecule is CN1CCC(N2CCCC(CCC(=O)O)C2)C1. The molecule has 0 saturated carbocycles. The van der Waals surface area contributed by atoms with Gasteiger partial charge >= 0.3 is 5.97 Å². The van der Waals surface area contributed by atoms with Gasteiger partial charge < -0.3 is 10.0 Å². The van der Waals surface area contributed by atoms with Crippen molar-refractivity contribution < 1.29 is 9.90 Å². The van der Waals surface area contributed by atoms with Crippen LogP contribution in [0.15, 0.2) is 0 Å². The van der Waals surface area contributed by atoms with E-state index in [1.54, 1.807) is 0 Å². The van der Waals surface area contributed by atoms with Crippen molar-refractivity contribution in [1.29, 1.82) is 0 Å². The number of hydrogen-bond donors (Lipinski definition) is 1. The van der Waals surface area contributed by atoms with Gasteiger partial charge in [-0.15, -0.1) is 0 Å². The number of likely N-dealkylation sites (tertiary alicyclic amines) is 2. The molecule has 0 aromatic heterocycles. The predicted molar refractivity (Wildman–Crippen MR) is 67.1 cm³/mol. The summed E-state index contributed by atoms with van der Waals surface area (Å²) in [5.74, 6) is -0.0477. The van der Waals surface area contributed by atoms with Crippen LogP contribution in [0.1, 0.15) is 32.1 Å². The standard InChI is InChI=1S/C13H24N2O2/c1-14-8-6-12(10-14)15-7-2-3-11(9-15)4-5-13(16)17/h11-12H,2-10H2,1H3,(H,16,17). The first kappa shape index (κ1) is 12.8. The average molecular weight is 240 g/mol. The Balaban J connectivity index is 1.78. The Morgan fingerprint density at radius 3 is 2.76 bits per heavy atom. The quantitative estimate of drug-likeness (QED) is 0.803. The normalized spacial score (nSPS) is 31.8. The fraction of sp³-hybridized carbons (Fsp3) is 0.923. The van der Waals surface area contributed by atoms with Crippen molar-refractivity contribution in [2.75, 3.05) is 33.2 Å². The van der Waals surface area contributed by atoms with Crippen molar-refractivity contribution in [3.63, 3.8) is 0 Å². The molecule has 2 rings (SSSR count). The van der Waals surface area contributed by atoms with Crippen molar-refractivity contribution in [2.24, 2.45) is 5.92 Å². The fourth-order valence-corrected chi connectivity index (χ4v) is 3.20. The van der Waals surface area contributed by atoms with E-state index in [-0.39, 0.29) is 0 Å². The molecule has 98 valence electrons. The summed E-state index contributed by atoms with van der Waals surface area (Å²) < 4.78 is 0. The lowest BCUT2D eigenvalue weighted by molar-refractivity contribution is -0.137. The minimum absolute atomic E-state index is 0.336. The lowest BCUT2D eigenvalue weighted by Gasteiger charge is -2.36. The van der Waals surface area contributed by atoms with Crippen LogP contribution in [0, 0.1) is 5.92 Å². The van der Waals surface area contributed by atoms with Crippen molar-refractivity contribution in [2.45, 2.75) is 38.1 Å². The van der Waals surface area contributed by atoms with E-state index in [1.165, 1.54) is 38.9 Å². The molecular weight excluding hydrogens is 216 g/mol. The highest BCUT2D eigenvalue weighted by atomic mass is 16.4. The number of hydrogen-bond acceptors (Lipinski definition) is 3. The maximum Gasteiger partial charge on any atom is 0.303 e. The van der Waals surface area contributed by atoms with E-state index in [2.05, 4.69) is 16.8 Å². The lowest BCUT2D eigenvalue weighted by atomic mass is 9.92. The first-order chi connectivity index (χ1) is 8.15. The number of aliphatic carboxylic acids is 1. The third kappa shape index (κ3) is 3.68. The Hall–Kier alpha value is -0.610. The molecule has 0 amide bonds. The molecule has 0 aromatic rings. The first-order valence-electron chi connectivity index (χ1n) is 6.79. The second kappa shape index (κ2) is 5.83. The molecule has 2 atom stereocenters. The lowest BCUT2D eigenvalue weighted by Crippen LogP contribution is -2.43. The van der Waals surface area contributed by atoms with Gasteiger partial charge in [0.1, 0.15) is 0 Å². The summed E-state index contributed by atoms with van der Waals surface area (Å²) in [5, 5.41) is 8.74. The van der Waals surface area contributed by atoms with Gasteiger partial charge in [-0.2, -0.15) is 0 Å². The number of rotatable bonds is 4. The highest BCUT2D eigenvalue weighted by molar-refractivity contribution is 5.66. The van der Waals surface area contributed by atoms with Gasteiger partial charge in [-0.1, -0.05) is 0 Å². The van der Waals surface area contributed by atoms with Gasteiger partial charge in [-0.05, 0) is 51.7 Å². The molecule has 0 aliphatic carbocycles. The molecule has 2 saturated heterocycles.